The molecule has 2 rings (SSSR count). The molecule has 0 saturated heterocycles. The summed E-state index contributed by atoms with van der Waals surface area (Å²) in [6, 6.07) is 14.7. The number of hydrogen-bond donors (Lipinski definition) is 1. The van der Waals surface area contributed by atoms with Crippen LogP contribution in [0.4, 0.5) is 0 Å². The Hall–Kier alpha value is -1.32. The third-order valence-corrected chi connectivity index (χ3v) is 3.90. The Bertz CT molecular complexity index is 583. The molecule has 2 nitrogen and oxygen atoms in total. The maximum Gasteiger partial charge on any atom is 0.123 e. The molecule has 0 bridgehead atoms. The predicted molar refractivity (Wildman–Crippen MR) is 87.4 cm³/mol. The molecule has 0 amide bonds. The summed E-state index contributed by atoms with van der Waals surface area (Å²) in [6.07, 6.45) is 0. The SMILES string of the molecule is CCNC(c1cc(Br)ccc1C)c1ccccc1OC. The maximum absolute atomic E-state index is 5.51. The van der Waals surface area contributed by atoms with E-state index >= 15 is 0 Å². The van der Waals surface area contributed by atoms with E-state index in [1.807, 2.05) is 12.1 Å². The number of benzene rings is 2. The first-order valence-corrected chi connectivity index (χ1v) is 7.59. The molecule has 2 aromatic rings. The number of halogens is 1. The molecule has 0 aliphatic heterocycles. The number of nitrogens with one attached hydrogen (secondary N) is 1. The van der Waals surface area contributed by atoms with E-state index in [1.54, 1.807) is 7.11 Å². The smallest absolute Gasteiger partial charge is 0.123 e. The van der Waals surface area contributed by atoms with Crippen molar-refractivity contribution in [3.63, 3.8) is 0 Å². The van der Waals surface area contributed by atoms with Crippen molar-refractivity contribution in [2.45, 2.75) is 19.9 Å². The first-order chi connectivity index (χ1) is 9.67. The van der Waals surface area contributed by atoms with E-state index in [0.717, 1.165) is 22.3 Å². The zero-order valence-corrected chi connectivity index (χ0v) is 13.7. The van der Waals surface area contributed by atoms with Gasteiger partial charge in [-0.15, -0.1) is 0 Å². The van der Waals surface area contributed by atoms with Gasteiger partial charge in [0.2, 0.25) is 0 Å². The van der Waals surface area contributed by atoms with E-state index in [4.69, 9.17) is 4.74 Å². The molecule has 0 spiro atoms. The van der Waals surface area contributed by atoms with Crippen LogP contribution in [-0.4, -0.2) is 13.7 Å². The Morgan fingerprint density at radius 2 is 1.90 bits per heavy atom. The molecule has 0 saturated carbocycles. The van der Waals surface area contributed by atoms with Crippen LogP contribution in [-0.2, 0) is 0 Å². The Kier molecular flexibility index (Phi) is 5.21. The van der Waals surface area contributed by atoms with Crippen molar-refractivity contribution < 1.29 is 4.74 Å². The lowest BCUT2D eigenvalue weighted by Gasteiger charge is -2.23. The Morgan fingerprint density at radius 3 is 2.60 bits per heavy atom. The van der Waals surface area contributed by atoms with E-state index in [2.05, 4.69) is 65.4 Å². The summed E-state index contributed by atoms with van der Waals surface area (Å²) in [5.74, 6) is 0.915. The minimum absolute atomic E-state index is 0.133. The van der Waals surface area contributed by atoms with Crippen molar-refractivity contribution in [2.75, 3.05) is 13.7 Å². The highest BCUT2D eigenvalue weighted by Gasteiger charge is 2.18. The number of aryl methyl sites for hydroxylation is 1. The van der Waals surface area contributed by atoms with Gasteiger partial charge >= 0.3 is 0 Å². The van der Waals surface area contributed by atoms with Crippen molar-refractivity contribution >= 4 is 15.9 Å². The van der Waals surface area contributed by atoms with Crippen LogP contribution in [0.15, 0.2) is 46.9 Å². The molecule has 3 heteroatoms. The summed E-state index contributed by atoms with van der Waals surface area (Å²) in [5.41, 5.74) is 3.70. The molecule has 1 unspecified atom stereocenters. The highest BCUT2D eigenvalue weighted by molar-refractivity contribution is 9.10. The molecular formula is C17H20BrNO. The third kappa shape index (κ3) is 3.22. The number of hydrogen-bond acceptors (Lipinski definition) is 2. The molecule has 106 valence electrons. The summed E-state index contributed by atoms with van der Waals surface area (Å²) < 4.78 is 6.61. The Balaban J connectivity index is 2.53. The number of para-hydroxylation sites is 1. The number of methoxy groups -OCH3 is 1. The standard InChI is InChI=1S/C17H20BrNO/c1-4-19-17(14-7-5-6-8-16(14)20-3)15-11-13(18)10-9-12(15)2/h5-11,17,19H,4H2,1-3H3. The average Bonchev–Trinajstić information content (AvgIpc) is 2.47. The van der Waals surface area contributed by atoms with Crippen LogP contribution in [0.1, 0.15) is 29.7 Å². The summed E-state index contributed by atoms with van der Waals surface area (Å²) in [5, 5.41) is 3.56. The third-order valence-electron chi connectivity index (χ3n) is 3.41. The van der Waals surface area contributed by atoms with Gasteiger partial charge in [-0.3, -0.25) is 0 Å². The molecule has 2 aromatic carbocycles. The van der Waals surface area contributed by atoms with Gasteiger partial charge in [-0.25, -0.2) is 0 Å². The second kappa shape index (κ2) is 6.91. The monoisotopic (exact) mass is 333 g/mol. The molecule has 0 fully saturated rings. The zero-order chi connectivity index (χ0) is 14.5. The van der Waals surface area contributed by atoms with E-state index in [-0.39, 0.29) is 6.04 Å². The lowest BCUT2D eigenvalue weighted by Crippen LogP contribution is -2.23. The molecule has 0 aromatic heterocycles. The molecular weight excluding hydrogens is 314 g/mol. The first-order valence-electron chi connectivity index (χ1n) is 6.79. The van der Waals surface area contributed by atoms with Gasteiger partial charge in [0.25, 0.3) is 0 Å². The normalized spacial score (nSPS) is 12.2. The fourth-order valence-electron chi connectivity index (χ4n) is 2.42. The second-order valence-electron chi connectivity index (χ2n) is 4.73. The minimum Gasteiger partial charge on any atom is -0.496 e. The lowest BCUT2D eigenvalue weighted by atomic mass is 9.94. The van der Waals surface area contributed by atoms with Crippen LogP contribution < -0.4 is 10.1 Å². The van der Waals surface area contributed by atoms with Crippen LogP contribution in [0.2, 0.25) is 0 Å². The van der Waals surface area contributed by atoms with Gasteiger partial charge in [-0.05, 0) is 42.8 Å². The van der Waals surface area contributed by atoms with E-state index in [9.17, 15) is 0 Å². The molecule has 1 atom stereocenters. The highest BCUT2D eigenvalue weighted by Crippen LogP contribution is 2.32. The van der Waals surface area contributed by atoms with Gasteiger partial charge in [0.1, 0.15) is 5.75 Å². The van der Waals surface area contributed by atoms with Crippen LogP contribution in [0.25, 0.3) is 0 Å². The van der Waals surface area contributed by atoms with Crippen molar-refractivity contribution in [3.8, 4) is 5.75 Å². The molecule has 20 heavy (non-hydrogen) atoms. The summed E-state index contributed by atoms with van der Waals surface area (Å²) in [6.45, 7) is 5.16. The van der Waals surface area contributed by atoms with Crippen LogP contribution in [0.5, 0.6) is 5.75 Å². The molecule has 0 radical (unpaired) electrons. The second-order valence-corrected chi connectivity index (χ2v) is 5.65. The summed E-state index contributed by atoms with van der Waals surface area (Å²) in [4.78, 5) is 0. The van der Waals surface area contributed by atoms with Gasteiger partial charge < -0.3 is 10.1 Å². The molecule has 0 aliphatic rings. The van der Waals surface area contributed by atoms with Crippen molar-refractivity contribution in [2.24, 2.45) is 0 Å². The maximum atomic E-state index is 5.51. The molecule has 0 aliphatic carbocycles. The highest BCUT2D eigenvalue weighted by atomic mass is 79.9. The first kappa shape index (κ1) is 15.1. The summed E-state index contributed by atoms with van der Waals surface area (Å²) >= 11 is 3.56. The molecule has 0 heterocycles. The van der Waals surface area contributed by atoms with E-state index in [1.165, 1.54) is 11.1 Å². The van der Waals surface area contributed by atoms with Gasteiger partial charge in [-0.1, -0.05) is 47.1 Å². The van der Waals surface area contributed by atoms with E-state index < -0.39 is 0 Å². The fraction of sp³-hybridized carbons (Fsp3) is 0.294. The molecule has 1 N–H and O–H groups in total. The number of rotatable bonds is 5. The van der Waals surface area contributed by atoms with Crippen LogP contribution >= 0.6 is 15.9 Å². The Labute approximate surface area is 129 Å². The van der Waals surface area contributed by atoms with Crippen LogP contribution in [0.3, 0.4) is 0 Å². The summed E-state index contributed by atoms with van der Waals surface area (Å²) in [7, 11) is 1.72. The van der Waals surface area contributed by atoms with Gasteiger partial charge in [0, 0.05) is 10.0 Å². The van der Waals surface area contributed by atoms with Crippen LogP contribution in [0, 0.1) is 6.92 Å². The van der Waals surface area contributed by atoms with Gasteiger partial charge in [0.05, 0.1) is 13.2 Å². The van der Waals surface area contributed by atoms with Gasteiger partial charge in [-0.2, -0.15) is 0 Å². The van der Waals surface area contributed by atoms with Crippen molar-refractivity contribution in [1.29, 1.82) is 0 Å². The van der Waals surface area contributed by atoms with Crippen molar-refractivity contribution in [1.82, 2.24) is 5.32 Å². The largest absolute Gasteiger partial charge is 0.496 e. The zero-order valence-electron chi connectivity index (χ0n) is 12.1. The van der Waals surface area contributed by atoms with Crippen molar-refractivity contribution in [3.05, 3.63) is 63.6 Å². The predicted octanol–water partition coefficient (Wildman–Crippen LogP) is 4.47. The quantitative estimate of drug-likeness (QED) is 0.871. The Morgan fingerprint density at radius 1 is 1.15 bits per heavy atom. The van der Waals surface area contributed by atoms with E-state index in [0.29, 0.717) is 0 Å². The average molecular weight is 334 g/mol. The fourth-order valence-corrected chi connectivity index (χ4v) is 2.80. The lowest BCUT2D eigenvalue weighted by molar-refractivity contribution is 0.404. The number of ether oxygens (including phenoxy) is 1. The minimum atomic E-state index is 0.133. The topological polar surface area (TPSA) is 21.3 Å². The van der Waals surface area contributed by atoms with Gasteiger partial charge in [0.15, 0.2) is 0 Å².